The van der Waals surface area contributed by atoms with Gasteiger partial charge in [-0.25, -0.2) is 0 Å². The van der Waals surface area contributed by atoms with Crippen LogP contribution in [0.15, 0.2) is 48.7 Å². The number of fused-ring (bicyclic) bond motifs is 1. The number of anilines is 1. The van der Waals surface area contributed by atoms with Crippen molar-refractivity contribution in [3.05, 3.63) is 59.2 Å². The molecule has 4 aromatic rings. The highest BCUT2D eigenvalue weighted by Gasteiger charge is 2.11. The Kier molecular flexibility index (Phi) is 5.33. The Hall–Kier alpha value is -2.48. The molecule has 0 bridgehead atoms. The van der Waals surface area contributed by atoms with Crippen LogP contribution in [0.1, 0.15) is 5.56 Å². The summed E-state index contributed by atoms with van der Waals surface area (Å²) < 4.78 is 0. The van der Waals surface area contributed by atoms with Gasteiger partial charge < -0.3 is 10.6 Å². The molecule has 0 aliphatic rings. The summed E-state index contributed by atoms with van der Waals surface area (Å²) in [6.45, 7) is 0.758. The Morgan fingerprint density at radius 2 is 2.00 bits per heavy atom. The number of likely N-dealkylation sites (N-methyl/N-ethyl adjacent to an activating group) is 1. The van der Waals surface area contributed by atoms with Crippen LogP contribution in [0.2, 0.25) is 5.02 Å². The number of rotatable bonds is 7. The van der Waals surface area contributed by atoms with Gasteiger partial charge in [0.1, 0.15) is 5.01 Å². The molecule has 3 N–H and O–H groups in total. The quantitative estimate of drug-likeness (QED) is 0.439. The van der Waals surface area contributed by atoms with E-state index in [1.807, 2.05) is 37.5 Å². The minimum atomic E-state index is 0.279. The maximum absolute atomic E-state index is 5.95. The van der Waals surface area contributed by atoms with Gasteiger partial charge in [0.05, 0.1) is 11.7 Å². The van der Waals surface area contributed by atoms with Gasteiger partial charge in [0.2, 0.25) is 5.13 Å². The van der Waals surface area contributed by atoms with E-state index in [4.69, 9.17) is 11.6 Å². The molecule has 0 spiro atoms. The first-order valence-electron chi connectivity index (χ1n) is 8.64. The van der Waals surface area contributed by atoms with Crippen LogP contribution in [0.5, 0.6) is 0 Å². The van der Waals surface area contributed by atoms with Crippen molar-refractivity contribution in [2.45, 2.75) is 12.5 Å². The summed E-state index contributed by atoms with van der Waals surface area (Å²) in [6.07, 6.45) is 2.72. The first-order chi connectivity index (χ1) is 13.2. The van der Waals surface area contributed by atoms with Crippen LogP contribution < -0.4 is 10.6 Å². The van der Waals surface area contributed by atoms with Gasteiger partial charge in [-0.3, -0.25) is 5.10 Å². The molecule has 0 fully saturated rings. The van der Waals surface area contributed by atoms with Crippen molar-refractivity contribution in [3.8, 4) is 10.6 Å². The predicted octanol–water partition coefficient (Wildman–Crippen LogP) is 3.98. The van der Waals surface area contributed by atoms with Crippen LogP contribution in [0.25, 0.3) is 21.5 Å². The summed E-state index contributed by atoms with van der Waals surface area (Å²) in [7, 11) is 1.97. The second-order valence-electron chi connectivity index (χ2n) is 6.28. The highest BCUT2D eigenvalue weighted by molar-refractivity contribution is 7.18. The van der Waals surface area contributed by atoms with Gasteiger partial charge in [-0.15, -0.1) is 10.2 Å². The summed E-state index contributed by atoms with van der Waals surface area (Å²) >= 11 is 7.50. The topological polar surface area (TPSA) is 78.5 Å². The monoisotopic (exact) mass is 398 g/mol. The van der Waals surface area contributed by atoms with Crippen LogP contribution >= 0.6 is 22.9 Å². The average Bonchev–Trinajstić information content (AvgIpc) is 3.35. The fourth-order valence-electron chi connectivity index (χ4n) is 2.88. The molecule has 8 heteroatoms. The maximum atomic E-state index is 5.95. The molecule has 2 heterocycles. The zero-order valence-corrected chi connectivity index (χ0v) is 16.3. The molecule has 138 valence electrons. The van der Waals surface area contributed by atoms with Crippen LogP contribution in [0.4, 0.5) is 5.13 Å². The van der Waals surface area contributed by atoms with Gasteiger partial charge >= 0.3 is 0 Å². The first-order valence-corrected chi connectivity index (χ1v) is 9.83. The van der Waals surface area contributed by atoms with E-state index in [0.29, 0.717) is 0 Å². The molecule has 27 heavy (non-hydrogen) atoms. The van der Waals surface area contributed by atoms with Crippen molar-refractivity contribution in [3.63, 3.8) is 0 Å². The Labute approximate surface area is 166 Å². The summed E-state index contributed by atoms with van der Waals surface area (Å²) in [5.41, 5.74) is 3.30. The Bertz CT molecular complexity index is 1030. The molecule has 0 aliphatic carbocycles. The Morgan fingerprint density at radius 1 is 1.15 bits per heavy atom. The number of nitrogens with one attached hydrogen (secondary N) is 3. The summed E-state index contributed by atoms with van der Waals surface area (Å²) in [5, 5.41) is 25.9. The highest BCUT2D eigenvalue weighted by Crippen LogP contribution is 2.28. The number of aromatic nitrogens is 4. The fourth-order valence-corrected chi connectivity index (χ4v) is 3.75. The van der Waals surface area contributed by atoms with Crippen LogP contribution in [0, 0.1) is 0 Å². The number of benzene rings is 2. The van der Waals surface area contributed by atoms with E-state index >= 15 is 0 Å². The number of aromatic amines is 1. The molecule has 2 aromatic carbocycles. The highest BCUT2D eigenvalue weighted by atomic mass is 35.5. The van der Waals surface area contributed by atoms with Crippen LogP contribution in [-0.4, -0.2) is 40.0 Å². The lowest BCUT2D eigenvalue weighted by Crippen LogP contribution is -2.34. The third-order valence-corrected chi connectivity index (χ3v) is 5.60. The van der Waals surface area contributed by atoms with Gasteiger partial charge in [0.15, 0.2) is 0 Å². The first kappa shape index (κ1) is 17.9. The molecule has 4 rings (SSSR count). The van der Waals surface area contributed by atoms with E-state index in [2.05, 4.69) is 49.2 Å². The van der Waals surface area contributed by atoms with E-state index in [-0.39, 0.29) is 6.04 Å². The summed E-state index contributed by atoms with van der Waals surface area (Å²) in [5.74, 6) is 0. The molecule has 6 nitrogen and oxygen atoms in total. The molecular formula is C19H19ClN6S. The van der Waals surface area contributed by atoms with Crippen molar-refractivity contribution in [1.29, 1.82) is 0 Å². The van der Waals surface area contributed by atoms with Gasteiger partial charge in [0, 0.05) is 28.6 Å². The Balaban J connectivity index is 1.40. The number of halogens is 1. The van der Waals surface area contributed by atoms with Crippen molar-refractivity contribution in [2.75, 3.05) is 18.9 Å². The van der Waals surface area contributed by atoms with Crippen molar-refractivity contribution >= 4 is 39.0 Å². The van der Waals surface area contributed by atoms with Crippen molar-refractivity contribution in [1.82, 2.24) is 25.7 Å². The van der Waals surface area contributed by atoms with Gasteiger partial charge in [-0.05, 0) is 49.4 Å². The van der Waals surface area contributed by atoms with Gasteiger partial charge in [-0.2, -0.15) is 5.10 Å². The van der Waals surface area contributed by atoms with Gasteiger partial charge in [-0.1, -0.05) is 35.1 Å². The number of hydrogen-bond acceptors (Lipinski definition) is 6. The normalized spacial score (nSPS) is 12.4. The zero-order valence-electron chi connectivity index (χ0n) is 14.7. The number of nitrogens with zero attached hydrogens (tertiary/aromatic N) is 3. The van der Waals surface area contributed by atoms with Crippen molar-refractivity contribution in [2.24, 2.45) is 0 Å². The van der Waals surface area contributed by atoms with Crippen LogP contribution in [-0.2, 0) is 6.42 Å². The summed E-state index contributed by atoms with van der Waals surface area (Å²) in [6, 6.07) is 14.3. The van der Waals surface area contributed by atoms with Gasteiger partial charge in [0.25, 0.3) is 0 Å². The molecule has 0 radical (unpaired) electrons. The minimum absolute atomic E-state index is 0.279. The molecular weight excluding hydrogens is 380 g/mol. The number of H-pyrrole nitrogens is 1. The fraction of sp³-hybridized carbons (Fsp3) is 0.211. The van der Waals surface area contributed by atoms with E-state index in [0.717, 1.165) is 44.6 Å². The third-order valence-electron chi connectivity index (χ3n) is 4.42. The SMILES string of the molecule is CN[C@@H](CNc1nnc(-c2ccc3[nH]ncc3c2)s1)Cc1ccc(Cl)cc1. The molecule has 0 amide bonds. The molecule has 0 saturated heterocycles. The molecule has 0 unspecified atom stereocenters. The average molecular weight is 399 g/mol. The molecule has 0 aliphatic heterocycles. The second kappa shape index (κ2) is 8.04. The minimum Gasteiger partial charge on any atom is -0.358 e. The van der Waals surface area contributed by atoms with E-state index in [1.165, 1.54) is 5.56 Å². The third kappa shape index (κ3) is 4.27. The lowest BCUT2D eigenvalue weighted by Gasteiger charge is -2.16. The van der Waals surface area contributed by atoms with Crippen molar-refractivity contribution < 1.29 is 0 Å². The molecule has 1 atom stereocenters. The standard InChI is InChI=1S/C19H19ClN6S/c1-21-16(8-12-2-5-15(20)6-3-12)11-22-19-26-25-18(27-19)13-4-7-17-14(9-13)10-23-24-17/h2-7,9-10,16,21H,8,11H2,1H3,(H,22,26)(H,23,24)/t16-/m1/s1. The number of hydrogen-bond donors (Lipinski definition) is 3. The van der Waals surface area contributed by atoms with E-state index in [1.54, 1.807) is 11.3 Å². The lowest BCUT2D eigenvalue weighted by molar-refractivity contribution is 0.583. The molecule has 0 saturated carbocycles. The lowest BCUT2D eigenvalue weighted by atomic mass is 10.1. The smallest absolute Gasteiger partial charge is 0.206 e. The van der Waals surface area contributed by atoms with E-state index in [9.17, 15) is 0 Å². The summed E-state index contributed by atoms with van der Waals surface area (Å²) in [4.78, 5) is 0. The molecule has 2 aromatic heterocycles. The van der Waals surface area contributed by atoms with E-state index < -0.39 is 0 Å². The zero-order chi connectivity index (χ0) is 18.6. The second-order valence-corrected chi connectivity index (χ2v) is 7.70. The van der Waals surface area contributed by atoms with Crippen LogP contribution in [0.3, 0.4) is 0 Å². The maximum Gasteiger partial charge on any atom is 0.206 e. The predicted molar refractivity (Wildman–Crippen MR) is 111 cm³/mol. The Morgan fingerprint density at radius 3 is 2.81 bits per heavy atom. The largest absolute Gasteiger partial charge is 0.358 e.